The molecule has 0 unspecified atom stereocenters. The Labute approximate surface area is 269 Å². The molecule has 3 N–H and O–H groups in total. The molecule has 6 atom stereocenters. The van der Waals surface area contributed by atoms with Crippen molar-refractivity contribution in [2.24, 2.45) is 17.8 Å². The number of fused-ring (bicyclic) bond motifs is 5. The molecule has 1 aromatic heterocycles. The number of carbonyl (C=O) groups excluding carboxylic acids is 3. The molecule has 0 bridgehead atoms. The van der Waals surface area contributed by atoms with Crippen LogP contribution in [-0.4, -0.2) is 86.6 Å². The molecule has 1 saturated carbocycles. The van der Waals surface area contributed by atoms with Crippen LogP contribution in [0.3, 0.4) is 0 Å². The molecule has 246 valence electrons. The van der Waals surface area contributed by atoms with Gasteiger partial charge >= 0.3 is 12.1 Å². The van der Waals surface area contributed by atoms with Crippen LogP contribution < -0.4 is 10.6 Å². The molecule has 1 aliphatic carbocycles. The first-order valence-corrected chi connectivity index (χ1v) is 16.5. The summed E-state index contributed by atoms with van der Waals surface area (Å²) in [7, 11) is 0. The van der Waals surface area contributed by atoms with E-state index in [2.05, 4.69) is 21.6 Å². The van der Waals surface area contributed by atoms with Gasteiger partial charge in [0.2, 0.25) is 11.8 Å². The van der Waals surface area contributed by atoms with E-state index in [4.69, 9.17) is 9.72 Å². The number of aliphatic carboxylic acids is 1. The van der Waals surface area contributed by atoms with Gasteiger partial charge in [0.25, 0.3) is 0 Å². The molecule has 4 aliphatic rings. The van der Waals surface area contributed by atoms with Gasteiger partial charge in [0, 0.05) is 43.4 Å². The first kappa shape index (κ1) is 32.0. The Hall–Kier alpha value is -3.99. The molecule has 3 aliphatic heterocycles. The van der Waals surface area contributed by atoms with Gasteiger partial charge in [-0.15, -0.1) is 0 Å². The van der Waals surface area contributed by atoms with Crippen molar-refractivity contribution in [3.05, 3.63) is 54.2 Å². The molecule has 4 heterocycles. The molecule has 2 aromatic rings. The van der Waals surface area contributed by atoms with Gasteiger partial charge in [-0.1, -0.05) is 49.3 Å². The van der Waals surface area contributed by atoms with Crippen molar-refractivity contribution in [3.8, 4) is 0 Å². The number of allylic oxidation sites excluding steroid dienone is 1. The summed E-state index contributed by atoms with van der Waals surface area (Å²) in [5.74, 6) is -2.31. The first-order valence-electron chi connectivity index (χ1n) is 16.5. The van der Waals surface area contributed by atoms with Crippen LogP contribution in [0.4, 0.5) is 4.79 Å². The lowest BCUT2D eigenvalue weighted by Crippen LogP contribution is -2.58. The second-order valence-corrected chi connectivity index (χ2v) is 14.4. The van der Waals surface area contributed by atoms with E-state index in [1.54, 1.807) is 25.7 Å². The van der Waals surface area contributed by atoms with Gasteiger partial charge in [-0.3, -0.25) is 19.5 Å². The molecule has 3 amide bonds. The van der Waals surface area contributed by atoms with Crippen LogP contribution in [0.15, 0.2) is 48.6 Å². The number of carboxylic acid groups (broad SMARTS) is 1. The van der Waals surface area contributed by atoms with Gasteiger partial charge in [0.15, 0.2) is 0 Å². The Morgan fingerprint density at radius 2 is 1.89 bits per heavy atom. The molecule has 46 heavy (non-hydrogen) atoms. The summed E-state index contributed by atoms with van der Waals surface area (Å²) < 4.78 is 5.49. The number of nitrogens with zero attached hydrogens (tertiary/aromatic N) is 3. The van der Waals surface area contributed by atoms with E-state index in [1.165, 1.54) is 0 Å². The normalized spacial score (nSPS) is 31.1. The van der Waals surface area contributed by atoms with Crippen LogP contribution in [-0.2, 0) is 25.7 Å². The Morgan fingerprint density at radius 1 is 1.09 bits per heavy atom. The van der Waals surface area contributed by atoms with Gasteiger partial charge in [-0.05, 0) is 64.5 Å². The van der Waals surface area contributed by atoms with Crippen molar-refractivity contribution < 1.29 is 29.0 Å². The highest BCUT2D eigenvalue weighted by Crippen LogP contribution is 2.46. The maximum Gasteiger partial charge on any atom is 0.408 e. The number of rotatable bonds is 4. The maximum absolute atomic E-state index is 14.3. The number of carboxylic acids is 1. The average molecular weight is 632 g/mol. The molecule has 2 saturated heterocycles. The smallest absolute Gasteiger partial charge is 0.408 e. The summed E-state index contributed by atoms with van der Waals surface area (Å²) in [5, 5.41) is 17.0. The number of para-hydroxylation sites is 1. The molecular formula is C35H45N5O6. The summed E-state index contributed by atoms with van der Waals surface area (Å²) in [6.45, 7) is 7.49. The van der Waals surface area contributed by atoms with Crippen LogP contribution in [0.5, 0.6) is 0 Å². The predicted octanol–water partition coefficient (Wildman–Crippen LogP) is 3.87. The van der Waals surface area contributed by atoms with Gasteiger partial charge in [0.1, 0.15) is 23.2 Å². The minimum atomic E-state index is -1.37. The largest absolute Gasteiger partial charge is 0.479 e. The molecular weight excluding hydrogens is 586 g/mol. The number of likely N-dealkylation sites (tertiary alicyclic amines) is 1. The summed E-state index contributed by atoms with van der Waals surface area (Å²) in [6, 6.07) is 10.3. The number of ether oxygens (including phenoxy) is 1. The molecule has 11 heteroatoms. The van der Waals surface area contributed by atoms with Crippen molar-refractivity contribution in [2.45, 2.75) is 89.1 Å². The van der Waals surface area contributed by atoms with Crippen molar-refractivity contribution in [3.63, 3.8) is 0 Å². The number of pyridine rings is 1. The van der Waals surface area contributed by atoms with Gasteiger partial charge in [-0.2, -0.15) is 0 Å². The van der Waals surface area contributed by atoms with Crippen LogP contribution in [0.25, 0.3) is 10.9 Å². The average Bonchev–Trinajstić information content (AvgIpc) is 3.37. The van der Waals surface area contributed by atoms with Crippen molar-refractivity contribution in [2.75, 3.05) is 19.6 Å². The lowest BCUT2D eigenvalue weighted by molar-refractivity contribution is -0.146. The van der Waals surface area contributed by atoms with E-state index in [1.807, 2.05) is 42.5 Å². The highest BCUT2D eigenvalue weighted by molar-refractivity contribution is 5.96. The lowest BCUT2D eigenvalue weighted by Gasteiger charge is -2.33. The number of carbonyl (C=O) groups is 4. The van der Waals surface area contributed by atoms with Crippen molar-refractivity contribution in [1.82, 2.24) is 25.4 Å². The summed E-state index contributed by atoms with van der Waals surface area (Å²) in [5.41, 5.74) is -0.255. The topological polar surface area (TPSA) is 141 Å². The fourth-order valence-corrected chi connectivity index (χ4v) is 7.47. The minimum absolute atomic E-state index is 0.0110. The van der Waals surface area contributed by atoms with E-state index in [0.717, 1.165) is 35.9 Å². The number of hydrogen-bond acceptors (Lipinski definition) is 7. The van der Waals surface area contributed by atoms with Crippen molar-refractivity contribution >= 4 is 34.8 Å². The monoisotopic (exact) mass is 631 g/mol. The zero-order chi connectivity index (χ0) is 32.6. The molecule has 0 spiro atoms. The van der Waals surface area contributed by atoms with Crippen LogP contribution in [0, 0.1) is 17.8 Å². The highest BCUT2D eigenvalue weighted by atomic mass is 16.6. The van der Waals surface area contributed by atoms with E-state index >= 15 is 0 Å². The van der Waals surface area contributed by atoms with E-state index in [-0.39, 0.29) is 23.7 Å². The SMILES string of the molecule is CC(C)(C)OC(=O)N[C@@H]1CCCCC/C=C\[C@@H]2C[C@@]2(C(=O)O)NC(=O)[C@@H]2[C@H]3CN(Cc4ccc5ccccc5n4)C[C@H]3CN2C1=O. The maximum atomic E-state index is 14.3. The number of benzene rings is 1. The zero-order valence-corrected chi connectivity index (χ0v) is 26.9. The summed E-state index contributed by atoms with van der Waals surface area (Å²) in [6.07, 6.45) is 7.19. The van der Waals surface area contributed by atoms with Crippen LogP contribution >= 0.6 is 0 Å². The predicted molar refractivity (Wildman–Crippen MR) is 172 cm³/mol. The van der Waals surface area contributed by atoms with Gasteiger partial charge in [-0.25, -0.2) is 9.59 Å². The Bertz CT molecular complexity index is 1540. The second kappa shape index (κ2) is 12.7. The standard InChI is InChI=1S/C35H45N5O6/c1-34(2,3)46-33(45)37-28-14-8-6-4-5-7-12-24-17-35(24,32(43)44)38-30(41)29-26-21-39(18-23(26)19-40(29)31(28)42)20-25-16-15-22-11-9-10-13-27(22)36-25/h7,9-13,15-16,23-24,26,28-29H,4-6,8,14,17-21H2,1-3H3,(H,37,45)(H,38,41)(H,43,44)/b12-7-/t23-,24+,26-,28+,29-,35+/m0/s1. The number of aromatic nitrogens is 1. The van der Waals surface area contributed by atoms with E-state index in [9.17, 15) is 24.3 Å². The Morgan fingerprint density at radius 3 is 2.67 bits per heavy atom. The van der Waals surface area contributed by atoms with Crippen LogP contribution in [0.2, 0.25) is 0 Å². The fourth-order valence-electron chi connectivity index (χ4n) is 7.47. The fraction of sp³-hybridized carbons (Fsp3) is 0.571. The lowest BCUT2D eigenvalue weighted by atomic mass is 9.93. The van der Waals surface area contributed by atoms with E-state index < -0.39 is 41.2 Å². The van der Waals surface area contributed by atoms with Crippen molar-refractivity contribution in [1.29, 1.82) is 0 Å². The number of alkyl carbamates (subject to hydrolysis) is 1. The zero-order valence-electron chi connectivity index (χ0n) is 26.9. The van der Waals surface area contributed by atoms with Gasteiger partial charge in [0.05, 0.1) is 11.2 Å². The summed E-state index contributed by atoms with van der Waals surface area (Å²) >= 11 is 0. The third-order valence-electron chi connectivity index (χ3n) is 9.80. The molecule has 6 rings (SSSR count). The molecule has 3 fully saturated rings. The minimum Gasteiger partial charge on any atom is -0.479 e. The third-order valence-corrected chi connectivity index (χ3v) is 9.80. The summed E-state index contributed by atoms with van der Waals surface area (Å²) in [4.78, 5) is 62.4. The molecule has 0 radical (unpaired) electrons. The van der Waals surface area contributed by atoms with E-state index in [0.29, 0.717) is 45.4 Å². The van der Waals surface area contributed by atoms with Gasteiger partial charge < -0.3 is 25.4 Å². The van der Waals surface area contributed by atoms with Crippen LogP contribution in [0.1, 0.15) is 65.0 Å². The highest BCUT2D eigenvalue weighted by Gasteiger charge is 2.62. The quantitative estimate of drug-likeness (QED) is 0.432. The number of nitrogens with one attached hydrogen (secondary N) is 2. The second-order valence-electron chi connectivity index (χ2n) is 14.4. The molecule has 11 nitrogen and oxygen atoms in total. The Balaban J connectivity index is 1.26. The molecule has 1 aromatic carbocycles. The third kappa shape index (κ3) is 6.74. The Kier molecular flexibility index (Phi) is 8.80. The first-order chi connectivity index (χ1) is 21.9. The number of amides is 3. The number of hydrogen-bond donors (Lipinski definition) is 3.